The standard InChI is InChI=1S/C20H27N/c1-14(2)18-6-8-19(9-7-18)20(21-5)13-17-11-15(3)10-16(4)12-17/h6-12,14,20-21H,13H2,1-5H3. The molecule has 1 N–H and O–H groups in total. The summed E-state index contributed by atoms with van der Waals surface area (Å²) in [5.41, 5.74) is 6.85. The predicted molar refractivity (Wildman–Crippen MR) is 92.0 cm³/mol. The van der Waals surface area contributed by atoms with Crippen molar-refractivity contribution in [3.8, 4) is 0 Å². The van der Waals surface area contributed by atoms with E-state index in [1.807, 2.05) is 7.05 Å². The van der Waals surface area contributed by atoms with Gasteiger partial charge in [-0.1, -0.05) is 67.4 Å². The highest BCUT2D eigenvalue weighted by atomic mass is 14.9. The van der Waals surface area contributed by atoms with Gasteiger partial charge in [0.25, 0.3) is 0 Å². The summed E-state index contributed by atoms with van der Waals surface area (Å²) in [7, 11) is 2.05. The summed E-state index contributed by atoms with van der Waals surface area (Å²) < 4.78 is 0. The SMILES string of the molecule is CNC(Cc1cc(C)cc(C)c1)c1ccc(C(C)C)cc1. The van der Waals surface area contributed by atoms with E-state index in [4.69, 9.17) is 0 Å². The van der Waals surface area contributed by atoms with Crippen LogP contribution < -0.4 is 5.32 Å². The Hall–Kier alpha value is -1.60. The molecule has 0 aromatic heterocycles. The van der Waals surface area contributed by atoms with Gasteiger partial charge in [-0.3, -0.25) is 0 Å². The first-order chi connectivity index (χ1) is 9.99. The van der Waals surface area contributed by atoms with Crippen LogP contribution in [-0.4, -0.2) is 7.05 Å². The molecule has 0 aliphatic heterocycles. The lowest BCUT2D eigenvalue weighted by atomic mass is 9.94. The zero-order valence-corrected chi connectivity index (χ0v) is 13.9. The first-order valence-corrected chi connectivity index (χ1v) is 7.84. The number of rotatable bonds is 5. The Balaban J connectivity index is 2.19. The van der Waals surface area contributed by atoms with Crippen LogP contribution in [0, 0.1) is 13.8 Å². The van der Waals surface area contributed by atoms with Crippen molar-refractivity contribution >= 4 is 0 Å². The molecular weight excluding hydrogens is 254 g/mol. The largest absolute Gasteiger partial charge is 0.313 e. The maximum atomic E-state index is 3.45. The van der Waals surface area contributed by atoms with Crippen LogP contribution in [-0.2, 0) is 6.42 Å². The highest BCUT2D eigenvalue weighted by Crippen LogP contribution is 2.22. The number of nitrogens with one attached hydrogen (secondary N) is 1. The van der Waals surface area contributed by atoms with Crippen LogP contribution in [0.2, 0.25) is 0 Å². The average molecular weight is 281 g/mol. The van der Waals surface area contributed by atoms with E-state index in [0.717, 1.165) is 6.42 Å². The van der Waals surface area contributed by atoms with Crippen LogP contribution in [0.3, 0.4) is 0 Å². The molecule has 1 unspecified atom stereocenters. The summed E-state index contributed by atoms with van der Waals surface area (Å²) >= 11 is 0. The van der Waals surface area contributed by atoms with Gasteiger partial charge < -0.3 is 5.32 Å². The molecule has 112 valence electrons. The van der Waals surface area contributed by atoms with Crippen LogP contribution in [0.4, 0.5) is 0 Å². The van der Waals surface area contributed by atoms with E-state index in [9.17, 15) is 0 Å². The van der Waals surface area contributed by atoms with Crippen molar-refractivity contribution in [1.82, 2.24) is 5.32 Å². The fourth-order valence-corrected chi connectivity index (χ4v) is 2.92. The number of benzene rings is 2. The Labute approximate surface area is 129 Å². The molecule has 0 saturated heterocycles. The van der Waals surface area contributed by atoms with Gasteiger partial charge in [-0.15, -0.1) is 0 Å². The molecule has 2 rings (SSSR count). The van der Waals surface area contributed by atoms with Gasteiger partial charge >= 0.3 is 0 Å². The maximum Gasteiger partial charge on any atom is 0.0358 e. The van der Waals surface area contributed by atoms with Crippen molar-refractivity contribution in [2.45, 2.75) is 46.1 Å². The first-order valence-electron chi connectivity index (χ1n) is 7.84. The molecule has 1 heteroatoms. The van der Waals surface area contributed by atoms with Gasteiger partial charge in [0.2, 0.25) is 0 Å². The summed E-state index contributed by atoms with van der Waals surface area (Å²) in [6.07, 6.45) is 1.03. The Bertz CT molecular complexity index is 561. The summed E-state index contributed by atoms with van der Waals surface area (Å²) in [5, 5.41) is 3.45. The number of hydrogen-bond donors (Lipinski definition) is 1. The van der Waals surface area contributed by atoms with Gasteiger partial charge in [-0.05, 0) is 49.9 Å². The summed E-state index contributed by atoms with van der Waals surface area (Å²) in [5.74, 6) is 0.589. The minimum Gasteiger partial charge on any atom is -0.313 e. The molecule has 1 atom stereocenters. The lowest BCUT2D eigenvalue weighted by Gasteiger charge is -2.18. The zero-order valence-electron chi connectivity index (χ0n) is 13.9. The molecule has 0 radical (unpaired) electrons. The van der Waals surface area contributed by atoms with E-state index in [2.05, 4.69) is 75.5 Å². The van der Waals surface area contributed by atoms with Crippen LogP contribution in [0.1, 0.15) is 53.6 Å². The zero-order chi connectivity index (χ0) is 15.4. The average Bonchev–Trinajstić information content (AvgIpc) is 2.44. The van der Waals surface area contributed by atoms with Gasteiger partial charge in [-0.2, -0.15) is 0 Å². The Morgan fingerprint density at radius 3 is 1.86 bits per heavy atom. The summed E-state index contributed by atoms with van der Waals surface area (Å²) in [4.78, 5) is 0. The Morgan fingerprint density at radius 1 is 0.857 bits per heavy atom. The minimum atomic E-state index is 0.368. The van der Waals surface area contributed by atoms with Gasteiger partial charge in [0, 0.05) is 6.04 Å². The van der Waals surface area contributed by atoms with Crippen molar-refractivity contribution in [2.75, 3.05) is 7.05 Å². The molecule has 0 saturated carbocycles. The highest BCUT2D eigenvalue weighted by molar-refractivity contribution is 5.32. The van der Waals surface area contributed by atoms with Crippen LogP contribution >= 0.6 is 0 Å². The summed E-state index contributed by atoms with van der Waals surface area (Å²) in [6.45, 7) is 8.81. The van der Waals surface area contributed by atoms with Crippen LogP contribution in [0.5, 0.6) is 0 Å². The van der Waals surface area contributed by atoms with Gasteiger partial charge in [0.1, 0.15) is 0 Å². The van der Waals surface area contributed by atoms with E-state index < -0.39 is 0 Å². The summed E-state index contributed by atoms with van der Waals surface area (Å²) in [6, 6.07) is 16.2. The molecule has 1 nitrogen and oxygen atoms in total. The molecule has 2 aromatic carbocycles. The smallest absolute Gasteiger partial charge is 0.0358 e. The van der Waals surface area contributed by atoms with Crippen molar-refractivity contribution in [3.63, 3.8) is 0 Å². The Morgan fingerprint density at radius 2 is 1.38 bits per heavy atom. The van der Waals surface area contributed by atoms with Gasteiger partial charge in [0.05, 0.1) is 0 Å². The molecule has 0 spiro atoms. The molecule has 2 aromatic rings. The number of likely N-dealkylation sites (N-methyl/N-ethyl adjacent to an activating group) is 1. The van der Waals surface area contributed by atoms with Crippen LogP contribution in [0.25, 0.3) is 0 Å². The fourth-order valence-electron chi connectivity index (χ4n) is 2.92. The van der Waals surface area contributed by atoms with Crippen molar-refractivity contribution in [1.29, 1.82) is 0 Å². The third-order valence-corrected chi connectivity index (χ3v) is 4.08. The van der Waals surface area contributed by atoms with Gasteiger partial charge in [0.15, 0.2) is 0 Å². The number of hydrogen-bond acceptors (Lipinski definition) is 1. The monoisotopic (exact) mass is 281 g/mol. The van der Waals surface area contributed by atoms with E-state index in [-0.39, 0.29) is 0 Å². The first kappa shape index (κ1) is 15.8. The molecule has 0 aliphatic rings. The molecule has 0 aliphatic carbocycles. The topological polar surface area (TPSA) is 12.0 Å². The molecule has 0 amide bonds. The van der Waals surface area contributed by atoms with E-state index in [0.29, 0.717) is 12.0 Å². The normalized spacial score (nSPS) is 12.7. The molecule has 21 heavy (non-hydrogen) atoms. The maximum absolute atomic E-state index is 3.45. The molecule has 0 bridgehead atoms. The van der Waals surface area contributed by atoms with Crippen LogP contribution in [0.15, 0.2) is 42.5 Å². The Kier molecular flexibility index (Phi) is 5.19. The molecule has 0 heterocycles. The van der Waals surface area contributed by atoms with E-state index in [1.54, 1.807) is 0 Å². The minimum absolute atomic E-state index is 0.368. The second kappa shape index (κ2) is 6.91. The highest BCUT2D eigenvalue weighted by Gasteiger charge is 2.11. The lowest BCUT2D eigenvalue weighted by molar-refractivity contribution is 0.591. The second-order valence-electron chi connectivity index (χ2n) is 6.36. The van der Waals surface area contributed by atoms with E-state index >= 15 is 0 Å². The van der Waals surface area contributed by atoms with Crippen molar-refractivity contribution < 1.29 is 0 Å². The lowest BCUT2D eigenvalue weighted by Crippen LogP contribution is -2.19. The molecule has 0 fully saturated rings. The fraction of sp³-hybridized carbons (Fsp3) is 0.400. The second-order valence-corrected chi connectivity index (χ2v) is 6.36. The van der Waals surface area contributed by atoms with Crippen molar-refractivity contribution in [3.05, 3.63) is 70.3 Å². The van der Waals surface area contributed by atoms with Crippen molar-refractivity contribution in [2.24, 2.45) is 0 Å². The number of aryl methyl sites for hydroxylation is 2. The molecular formula is C20H27N. The third kappa shape index (κ3) is 4.18. The van der Waals surface area contributed by atoms with E-state index in [1.165, 1.54) is 27.8 Å². The predicted octanol–water partition coefficient (Wildman–Crippen LogP) is 4.93. The third-order valence-electron chi connectivity index (χ3n) is 4.08. The van der Waals surface area contributed by atoms with Gasteiger partial charge in [-0.25, -0.2) is 0 Å². The quantitative estimate of drug-likeness (QED) is 0.819.